The molecule has 2 heterocycles. The van der Waals surface area contributed by atoms with E-state index in [2.05, 4.69) is 20.3 Å². The Hall–Kier alpha value is -3.49. The number of nitrogens with zero attached hydrogens (tertiary/aromatic N) is 3. The highest BCUT2D eigenvalue weighted by molar-refractivity contribution is 5.93. The molecule has 0 atom stereocenters. The first-order valence-corrected chi connectivity index (χ1v) is 7.46. The van der Waals surface area contributed by atoms with E-state index in [4.69, 9.17) is 5.73 Å². The topological polar surface area (TPSA) is 122 Å². The summed E-state index contributed by atoms with van der Waals surface area (Å²) in [6, 6.07) is 7.32. The van der Waals surface area contributed by atoms with Crippen LogP contribution in [0.5, 0.6) is 0 Å². The minimum absolute atomic E-state index is 0.0211. The molecule has 0 unspecified atom stereocenters. The molecule has 3 aromatic rings. The van der Waals surface area contributed by atoms with E-state index in [1.54, 1.807) is 12.3 Å². The van der Waals surface area contributed by atoms with E-state index >= 15 is 0 Å². The first-order valence-electron chi connectivity index (χ1n) is 7.46. The Morgan fingerprint density at radius 3 is 3.08 bits per heavy atom. The first kappa shape index (κ1) is 16.4. The Labute approximate surface area is 141 Å². The molecule has 0 aliphatic carbocycles. The number of anilines is 1. The molecule has 0 amide bonds. The van der Waals surface area contributed by atoms with Gasteiger partial charge < -0.3 is 16.0 Å². The third-order valence-corrected chi connectivity index (χ3v) is 3.62. The lowest BCUT2D eigenvalue weighted by molar-refractivity contribution is -0.384. The van der Waals surface area contributed by atoms with Gasteiger partial charge in [0.1, 0.15) is 5.82 Å². The number of nitrogens with one attached hydrogen (secondary N) is 2. The number of hydrogen-bond donors (Lipinski definition) is 3. The van der Waals surface area contributed by atoms with E-state index in [1.165, 1.54) is 30.5 Å². The van der Waals surface area contributed by atoms with E-state index in [0.717, 1.165) is 16.5 Å². The van der Waals surface area contributed by atoms with E-state index in [0.29, 0.717) is 13.0 Å². The molecule has 0 bridgehead atoms. The van der Waals surface area contributed by atoms with Crippen LogP contribution < -0.4 is 11.1 Å². The van der Waals surface area contributed by atoms with Gasteiger partial charge >= 0.3 is 5.69 Å². The summed E-state index contributed by atoms with van der Waals surface area (Å²) in [6.45, 7) is 0.336. The predicted octanol–water partition coefficient (Wildman–Crippen LogP) is 2.58. The molecular formula is C16H15FN6O2. The van der Waals surface area contributed by atoms with Crippen LogP contribution in [0.1, 0.15) is 5.56 Å². The molecule has 0 radical (unpaired) electrons. The zero-order chi connectivity index (χ0) is 17.8. The third-order valence-electron chi connectivity index (χ3n) is 3.62. The normalized spacial score (nSPS) is 11.6. The maximum Gasteiger partial charge on any atom is 0.311 e. The van der Waals surface area contributed by atoms with Crippen LogP contribution >= 0.6 is 0 Å². The number of halogens is 1. The minimum Gasteiger partial charge on any atom is -0.370 e. The standard InChI is InChI=1S/C16H15FN6O2/c17-11-3-4-13-12(8-11)10(9-21-13)5-7-20-16(18)22-15-14(23(24)25)2-1-6-19-15/h1-4,6,8-9,21H,5,7H2,(H3,18,19,20,22). The number of H-pyrrole nitrogens is 1. The van der Waals surface area contributed by atoms with Crippen molar-refractivity contribution in [2.75, 3.05) is 11.9 Å². The summed E-state index contributed by atoms with van der Waals surface area (Å²) >= 11 is 0. The summed E-state index contributed by atoms with van der Waals surface area (Å²) in [4.78, 5) is 21.5. The third kappa shape index (κ3) is 3.71. The predicted molar refractivity (Wildman–Crippen MR) is 93.0 cm³/mol. The number of hydrogen-bond acceptors (Lipinski definition) is 4. The quantitative estimate of drug-likeness (QED) is 0.285. The van der Waals surface area contributed by atoms with Crippen molar-refractivity contribution in [3.05, 3.63) is 64.2 Å². The number of rotatable bonds is 5. The second-order valence-electron chi connectivity index (χ2n) is 5.27. The van der Waals surface area contributed by atoms with Crippen LogP contribution in [0.2, 0.25) is 0 Å². The van der Waals surface area contributed by atoms with Crippen molar-refractivity contribution in [3.63, 3.8) is 0 Å². The van der Waals surface area contributed by atoms with Crippen molar-refractivity contribution in [2.24, 2.45) is 10.7 Å². The molecule has 0 spiro atoms. The summed E-state index contributed by atoms with van der Waals surface area (Å²) in [5, 5.41) is 14.4. The van der Waals surface area contributed by atoms with Crippen molar-refractivity contribution in [2.45, 2.75) is 6.42 Å². The van der Waals surface area contributed by atoms with E-state index in [9.17, 15) is 14.5 Å². The van der Waals surface area contributed by atoms with Crippen LogP contribution in [-0.2, 0) is 6.42 Å². The van der Waals surface area contributed by atoms with Gasteiger partial charge in [-0.3, -0.25) is 15.1 Å². The van der Waals surface area contributed by atoms with Gasteiger partial charge in [0.15, 0.2) is 5.96 Å². The van der Waals surface area contributed by atoms with E-state index in [1.807, 2.05) is 0 Å². The van der Waals surface area contributed by atoms with Gasteiger partial charge in [-0.25, -0.2) is 9.37 Å². The Morgan fingerprint density at radius 2 is 2.28 bits per heavy atom. The Bertz CT molecular complexity index is 953. The number of pyridine rings is 1. The van der Waals surface area contributed by atoms with Crippen molar-refractivity contribution in [1.82, 2.24) is 9.97 Å². The lowest BCUT2D eigenvalue weighted by Crippen LogP contribution is -2.24. The van der Waals surface area contributed by atoms with Crippen LogP contribution in [0.25, 0.3) is 10.9 Å². The lowest BCUT2D eigenvalue weighted by Gasteiger charge is -2.05. The van der Waals surface area contributed by atoms with Crippen molar-refractivity contribution >= 4 is 28.4 Å². The molecule has 8 nitrogen and oxygen atoms in total. The number of benzene rings is 1. The molecule has 4 N–H and O–H groups in total. The zero-order valence-corrected chi connectivity index (χ0v) is 13.1. The first-order chi connectivity index (χ1) is 12.0. The van der Waals surface area contributed by atoms with Crippen molar-refractivity contribution in [3.8, 4) is 0 Å². The fourth-order valence-electron chi connectivity index (χ4n) is 2.46. The summed E-state index contributed by atoms with van der Waals surface area (Å²) < 4.78 is 13.4. The number of nitro groups is 1. The maximum absolute atomic E-state index is 13.4. The number of aliphatic imine (C=N–C) groups is 1. The highest BCUT2D eigenvalue weighted by atomic mass is 19.1. The molecule has 128 valence electrons. The summed E-state index contributed by atoms with van der Waals surface area (Å²) in [6.07, 6.45) is 3.76. The summed E-state index contributed by atoms with van der Waals surface area (Å²) in [7, 11) is 0. The SMILES string of the molecule is NC(=NCCc1c[nH]c2ccc(F)cc12)Nc1ncccc1[N+](=O)[O-]. The molecule has 0 saturated heterocycles. The van der Waals surface area contributed by atoms with Crippen LogP contribution in [0.4, 0.5) is 15.9 Å². The van der Waals surface area contributed by atoms with Gasteiger partial charge in [-0.05, 0) is 36.2 Å². The average Bonchev–Trinajstić information content (AvgIpc) is 2.97. The van der Waals surface area contributed by atoms with Gasteiger partial charge in [-0.1, -0.05) is 0 Å². The van der Waals surface area contributed by atoms with Crippen LogP contribution in [-0.4, -0.2) is 27.4 Å². The van der Waals surface area contributed by atoms with Crippen LogP contribution in [0.15, 0.2) is 47.7 Å². The molecule has 3 rings (SSSR count). The van der Waals surface area contributed by atoms with Crippen molar-refractivity contribution < 1.29 is 9.31 Å². The van der Waals surface area contributed by atoms with Crippen LogP contribution in [0.3, 0.4) is 0 Å². The second-order valence-corrected chi connectivity index (χ2v) is 5.27. The average molecular weight is 342 g/mol. The highest BCUT2D eigenvalue weighted by Gasteiger charge is 2.14. The molecule has 9 heteroatoms. The number of fused-ring (bicyclic) bond motifs is 1. The van der Waals surface area contributed by atoms with Gasteiger partial charge in [-0.15, -0.1) is 0 Å². The molecule has 1 aromatic carbocycles. The fourth-order valence-corrected chi connectivity index (χ4v) is 2.46. The molecule has 0 saturated carbocycles. The molecule has 0 aliphatic heterocycles. The van der Waals surface area contributed by atoms with Gasteiger partial charge in [0, 0.05) is 35.9 Å². The minimum atomic E-state index is -0.552. The van der Waals surface area contributed by atoms with Gasteiger partial charge in [0.05, 0.1) is 4.92 Å². The smallest absolute Gasteiger partial charge is 0.311 e. The Balaban J connectivity index is 1.68. The number of aromatic amines is 1. The van der Waals surface area contributed by atoms with Gasteiger partial charge in [0.25, 0.3) is 0 Å². The second kappa shape index (κ2) is 6.95. The number of guanidine groups is 1. The largest absolute Gasteiger partial charge is 0.370 e. The molecule has 0 aliphatic rings. The summed E-state index contributed by atoms with van der Waals surface area (Å²) in [5.74, 6) is -0.253. The molecule has 0 fully saturated rings. The Kier molecular flexibility index (Phi) is 4.55. The lowest BCUT2D eigenvalue weighted by atomic mass is 10.1. The van der Waals surface area contributed by atoms with E-state index < -0.39 is 4.92 Å². The fraction of sp³-hybridized carbons (Fsp3) is 0.125. The molecule has 2 aromatic heterocycles. The zero-order valence-electron chi connectivity index (χ0n) is 13.1. The molecular weight excluding hydrogens is 327 g/mol. The van der Waals surface area contributed by atoms with Crippen molar-refractivity contribution in [1.29, 1.82) is 0 Å². The maximum atomic E-state index is 13.4. The highest BCUT2D eigenvalue weighted by Crippen LogP contribution is 2.21. The number of nitrogens with two attached hydrogens (primary N) is 1. The van der Waals surface area contributed by atoms with Gasteiger partial charge in [0.2, 0.25) is 5.82 Å². The Morgan fingerprint density at radius 1 is 1.44 bits per heavy atom. The summed E-state index contributed by atoms with van der Waals surface area (Å²) in [5.41, 5.74) is 7.33. The molecule has 25 heavy (non-hydrogen) atoms. The van der Waals surface area contributed by atoms with E-state index in [-0.39, 0.29) is 23.3 Å². The van der Waals surface area contributed by atoms with Crippen LogP contribution in [0, 0.1) is 15.9 Å². The monoisotopic (exact) mass is 342 g/mol. The van der Waals surface area contributed by atoms with Gasteiger partial charge in [-0.2, -0.15) is 0 Å². The number of aromatic nitrogens is 2.